The second kappa shape index (κ2) is 12.4. The number of benzene rings is 1. The summed E-state index contributed by atoms with van der Waals surface area (Å²) in [7, 11) is 1.64. The fourth-order valence-electron chi connectivity index (χ4n) is 1.94. The van der Waals surface area contributed by atoms with Crippen molar-refractivity contribution in [2.75, 3.05) is 40.1 Å². The maximum Gasteiger partial charge on any atom is 0.269 e. The number of hydrogen-bond donors (Lipinski definition) is 1. The summed E-state index contributed by atoms with van der Waals surface area (Å²) in [5, 5.41) is 14.8. The molecule has 0 aliphatic carbocycles. The highest BCUT2D eigenvalue weighted by atomic mass is 16.6. The smallest absolute Gasteiger partial charge is 0.269 e. The summed E-state index contributed by atoms with van der Waals surface area (Å²) in [5.41, 5.74) is 6.99. The molecule has 0 atom stereocenters. The van der Waals surface area contributed by atoms with Gasteiger partial charge in [-0.25, -0.2) is 0 Å². The molecule has 8 heteroatoms. The molecule has 8 nitrogen and oxygen atoms in total. The Hall–Kier alpha value is -2.03. The number of rotatable bonds is 13. The second-order valence-electron chi connectivity index (χ2n) is 5.03. The van der Waals surface area contributed by atoms with Crippen LogP contribution in [0.25, 0.3) is 0 Å². The lowest BCUT2D eigenvalue weighted by Crippen LogP contribution is -2.09. The molecule has 0 aliphatic heterocycles. The highest BCUT2D eigenvalue weighted by molar-refractivity contribution is 6.00. The zero-order valence-electron chi connectivity index (χ0n) is 14.0. The van der Waals surface area contributed by atoms with Crippen molar-refractivity contribution >= 4 is 11.4 Å². The van der Waals surface area contributed by atoms with Crippen LogP contribution in [0.3, 0.4) is 0 Å². The van der Waals surface area contributed by atoms with Crippen molar-refractivity contribution < 1.29 is 19.2 Å². The van der Waals surface area contributed by atoms with E-state index >= 15 is 0 Å². The third-order valence-corrected chi connectivity index (χ3v) is 3.18. The van der Waals surface area contributed by atoms with E-state index in [0.717, 1.165) is 24.1 Å². The van der Waals surface area contributed by atoms with Gasteiger partial charge >= 0.3 is 0 Å². The lowest BCUT2D eigenvalue weighted by molar-refractivity contribution is -0.384. The first-order valence-electron chi connectivity index (χ1n) is 7.89. The zero-order valence-corrected chi connectivity index (χ0v) is 14.0. The molecule has 1 aromatic carbocycles. The molecule has 0 spiro atoms. The summed E-state index contributed by atoms with van der Waals surface area (Å²) in [6.45, 7) is 2.53. The Morgan fingerprint density at radius 1 is 1.17 bits per heavy atom. The molecule has 1 aromatic rings. The van der Waals surface area contributed by atoms with Crippen LogP contribution in [0.4, 0.5) is 5.69 Å². The normalized spacial score (nSPS) is 11.5. The van der Waals surface area contributed by atoms with Crippen molar-refractivity contribution in [3.05, 3.63) is 39.9 Å². The molecule has 0 amide bonds. The first-order valence-corrected chi connectivity index (χ1v) is 7.89. The van der Waals surface area contributed by atoms with Gasteiger partial charge in [-0.3, -0.25) is 10.1 Å². The average Bonchev–Trinajstić information content (AvgIpc) is 2.59. The van der Waals surface area contributed by atoms with Gasteiger partial charge < -0.3 is 20.0 Å². The summed E-state index contributed by atoms with van der Waals surface area (Å²) in [4.78, 5) is 15.5. The monoisotopic (exact) mass is 339 g/mol. The van der Waals surface area contributed by atoms with Gasteiger partial charge in [0.25, 0.3) is 5.69 Å². The average molecular weight is 339 g/mol. The Kier molecular flexibility index (Phi) is 10.3. The molecule has 0 radical (unpaired) electrons. The number of oxime groups is 1. The van der Waals surface area contributed by atoms with Crippen molar-refractivity contribution in [2.24, 2.45) is 10.9 Å². The lowest BCUT2D eigenvalue weighted by Gasteiger charge is -2.08. The van der Waals surface area contributed by atoms with Gasteiger partial charge in [-0.05, 0) is 37.0 Å². The van der Waals surface area contributed by atoms with Gasteiger partial charge in [-0.15, -0.1) is 0 Å². The third-order valence-electron chi connectivity index (χ3n) is 3.18. The molecule has 0 unspecified atom stereocenters. The predicted octanol–water partition coefficient (Wildman–Crippen LogP) is 2.11. The minimum absolute atomic E-state index is 0.0486. The molecular formula is C16H25N3O5. The second-order valence-corrected chi connectivity index (χ2v) is 5.03. The van der Waals surface area contributed by atoms with E-state index < -0.39 is 4.92 Å². The summed E-state index contributed by atoms with van der Waals surface area (Å²) in [6, 6.07) is 6.28. The SMILES string of the molecule is COCCOCCCCC(=NOCCN)c1ccc([N+](=O)[O-])cc1. The van der Waals surface area contributed by atoms with Crippen molar-refractivity contribution in [1.82, 2.24) is 0 Å². The van der Waals surface area contributed by atoms with Crippen LogP contribution in [0.1, 0.15) is 24.8 Å². The van der Waals surface area contributed by atoms with Gasteiger partial charge in [-0.2, -0.15) is 0 Å². The number of unbranched alkanes of at least 4 members (excludes halogenated alkanes) is 1. The number of ether oxygens (including phenoxy) is 2. The van der Waals surface area contributed by atoms with E-state index in [9.17, 15) is 10.1 Å². The molecule has 0 saturated carbocycles. The highest BCUT2D eigenvalue weighted by Crippen LogP contribution is 2.15. The number of nitro groups is 1. The lowest BCUT2D eigenvalue weighted by atomic mass is 10.0. The van der Waals surface area contributed by atoms with Crippen molar-refractivity contribution in [3.63, 3.8) is 0 Å². The molecule has 0 bridgehead atoms. The molecule has 0 heterocycles. The molecule has 134 valence electrons. The van der Waals surface area contributed by atoms with Crippen LogP contribution < -0.4 is 5.73 Å². The Balaban J connectivity index is 2.54. The van der Waals surface area contributed by atoms with Gasteiger partial charge in [0.2, 0.25) is 0 Å². The largest absolute Gasteiger partial charge is 0.394 e. The molecule has 0 fully saturated rings. The number of methoxy groups -OCH3 is 1. The van der Waals surface area contributed by atoms with E-state index in [2.05, 4.69) is 5.16 Å². The number of nitro benzene ring substituents is 1. The van der Waals surface area contributed by atoms with Gasteiger partial charge in [0.15, 0.2) is 0 Å². The first-order chi connectivity index (χ1) is 11.7. The van der Waals surface area contributed by atoms with Gasteiger partial charge in [0, 0.05) is 32.4 Å². The van der Waals surface area contributed by atoms with Crippen molar-refractivity contribution in [1.29, 1.82) is 0 Å². The van der Waals surface area contributed by atoms with Crippen LogP contribution in [-0.2, 0) is 14.3 Å². The minimum Gasteiger partial charge on any atom is -0.394 e. The molecule has 0 aromatic heterocycles. The number of hydrogen-bond acceptors (Lipinski definition) is 7. The quantitative estimate of drug-likeness (QED) is 0.255. The Morgan fingerprint density at radius 3 is 2.54 bits per heavy atom. The van der Waals surface area contributed by atoms with Crippen LogP contribution in [0, 0.1) is 10.1 Å². The fraction of sp³-hybridized carbons (Fsp3) is 0.562. The van der Waals surface area contributed by atoms with E-state index in [1.165, 1.54) is 12.1 Å². The van der Waals surface area contributed by atoms with Crippen LogP contribution in [0.15, 0.2) is 29.4 Å². The zero-order chi connectivity index (χ0) is 17.6. The van der Waals surface area contributed by atoms with Gasteiger partial charge in [-0.1, -0.05) is 5.16 Å². The molecule has 0 aliphatic rings. The van der Waals surface area contributed by atoms with E-state index in [-0.39, 0.29) is 5.69 Å². The number of non-ortho nitro benzene ring substituents is 1. The van der Waals surface area contributed by atoms with E-state index in [1.807, 2.05) is 0 Å². The van der Waals surface area contributed by atoms with Crippen LogP contribution in [0.5, 0.6) is 0 Å². The highest BCUT2D eigenvalue weighted by Gasteiger charge is 2.09. The molecule has 2 N–H and O–H groups in total. The minimum atomic E-state index is -0.428. The fourth-order valence-corrected chi connectivity index (χ4v) is 1.94. The van der Waals surface area contributed by atoms with Crippen molar-refractivity contribution in [3.8, 4) is 0 Å². The molecule has 0 saturated heterocycles. The predicted molar refractivity (Wildman–Crippen MR) is 91.2 cm³/mol. The van der Waals surface area contributed by atoms with Gasteiger partial charge in [0.05, 0.1) is 23.8 Å². The first kappa shape index (κ1) is 20.0. The Morgan fingerprint density at radius 2 is 1.92 bits per heavy atom. The summed E-state index contributed by atoms with van der Waals surface area (Å²) in [5.74, 6) is 0. The Bertz CT molecular complexity index is 505. The maximum atomic E-state index is 10.7. The van der Waals surface area contributed by atoms with Crippen LogP contribution in [0.2, 0.25) is 0 Å². The summed E-state index contributed by atoms with van der Waals surface area (Å²) >= 11 is 0. The summed E-state index contributed by atoms with van der Waals surface area (Å²) < 4.78 is 10.3. The van der Waals surface area contributed by atoms with E-state index in [4.69, 9.17) is 20.0 Å². The van der Waals surface area contributed by atoms with E-state index in [1.54, 1.807) is 19.2 Å². The maximum absolute atomic E-state index is 10.7. The third kappa shape index (κ3) is 8.00. The van der Waals surface area contributed by atoms with Crippen LogP contribution >= 0.6 is 0 Å². The standard InChI is InChI=1S/C16H25N3O5/c1-22-12-13-23-10-3-2-4-16(18-24-11-9-17)14-5-7-15(8-6-14)19(20)21/h5-8H,2-4,9-13,17H2,1H3. The molecule has 1 rings (SSSR count). The topological polar surface area (TPSA) is 109 Å². The molecule has 24 heavy (non-hydrogen) atoms. The number of nitrogens with zero attached hydrogens (tertiary/aromatic N) is 2. The van der Waals surface area contributed by atoms with Crippen LogP contribution in [-0.4, -0.2) is 50.7 Å². The van der Waals surface area contributed by atoms with Crippen molar-refractivity contribution in [2.45, 2.75) is 19.3 Å². The molecular weight excluding hydrogens is 314 g/mol. The number of nitrogens with two attached hydrogens (primary N) is 1. The van der Waals surface area contributed by atoms with E-state index in [0.29, 0.717) is 39.4 Å². The Labute approximate surface area is 141 Å². The summed E-state index contributed by atoms with van der Waals surface area (Å²) in [6.07, 6.45) is 2.44. The van der Waals surface area contributed by atoms with Gasteiger partial charge in [0.1, 0.15) is 6.61 Å².